The summed E-state index contributed by atoms with van der Waals surface area (Å²) >= 11 is 1.85. The molecule has 1 fully saturated rings. The molecule has 0 spiro atoms. The first-order chi connectivity index (χ1) is 13.6. The van der Waals surface area contributed by atoms with Crippen molar-refractivity contribution in [2.24, 2.45) is 0 Å². The second-order valence-corrected chi connectivity index (χ2v) is 8.91. The maximum Gasteiger partial charge on any atom is 0.251 e. The van der Waals surface area contributed by atoms with E-state index >= 15 is 0 Å². The van der Waals surface area contributed by atoms with Gasteiger partial charge in [0.2, 0.25) is 0 Å². The molecule has 2 aromatic heterocycles. The van der Waals surface area contributed by atoms with Gasteiger partial charge in [-0.2, -0.15) is 0 Å². The minimum atomic E-state index is 0.0433. The van der Waals surface area contributed by atoms with Gasteiger partial charge in [-0.1, -0.05) is 37.3 Å². The molecule has 3 aromatic rings. The highest BCUT2D eigenvalue weighted by Gasteiger charge is 2.21. The first kappa shape index (κ1) is 19.2. The topological polar surface area (TPSA) is 36.1 Å². The molecule has 0 amide bonds. The van der Waals surface area contributed by atoms with Gasteiger partial charge in [-0.15, -0.1) is 11.3 Å². The Bertz CT molecular complexity index is 981. The molecule has 1 aliphatic heterocycles. The molecule has 3 nitrogen and oxygen atoms in total. The van der Waals surface area contributed by atoms with Gasteiger partial charge in [0.25, 0.3) is 5.56 Å². The molecule has 0 unspecified atom stereocenters. The SMILES string of the molecule is CCc1cc(-c2ccc(CN3CCC(c4ccccc4)CC3)s2)c(C)[nH]c1=O. The number of hydrogen-bond donors (Lipinski definition) is 1. The molecule has 0 radical (unpaired) electrons. The van der Waals surface area contributed by atoms with Crippen LogP contribution in [0.15, 0.2) is 53.3 Å². The Hall–Kier alpha value is -2.17. The largest absolute Gasteiger partial charge is 0.326 e. The Morgan fingerprint density at radius 1 is 1.11 bits per heavy atom. The number of aryl methyl sites for hydroxylation is 2. The predicted octanol–water partition coefficient (Wildman–Crippen LogP) is 5.35. The normalized spacial score (nSPS) is 15.8. The van der Waals surface area contributed by atoms with Gasteiger partial charge in [-0.3, -0.25) is 9.69 Å². The predicted molar refractivity (Wildman–Crippen MR) is 118 cm³/mol. The highest BCUT2D eigenvalue weighted by atomic mass is 32.1. The van der Waals surface area contributed by atoms with E-state index in [1.165, 1.54) is 28.2 Å². The van der Waals surface area contributed by atoms with E-state index in [0.29, 0.717) is 5.92 Å². The Balaban J connectivity index is 1.42. The number of H-pyrrole nitrogens is 1. The average molecular weight is 393 g/mol. The summed E-state index contributed by atoms with van der Waals surface area (Å²) in [6.45, 7) is 7.36. The van der Waals surface area contributed by atoms with Gasteiger partial charge in [0.15, 0.2) is 0 Å². The molecule has 4 heteroatoms. The van der Waals surface area contributed by atoms with Crippen LogP contribution in [0, 0.1) is 6.92 Å². The number of benzene rings is 1. The van der Waals surface area contributed by atoms with Crippen molar-refractivity contribution in [2.75, 3.05) is 13.1 Å². The average Bonchev–Trinajstić information content (AvgIpc) is 3.17. The Kier molecular flexibility index (Phi) is 5.79. The molecule has 1 saturated heterocycles. The second kappa shape index (κ2) is 8.46. The number of aromatic amines is 1. The Morgan fingerprint density at radius 2 is 1.86 bits per heavy atom. The number of likely N-dealkylation sites (tertiary alicyclic amines) is 1. The van der Waals surface area contributed by atoms with Gasteiger partial charge < -0.3 is 4.98 Å². The van der Waals surface area contributed by atoms with Crippen LogP contribution in [-0.2, 0) is 13.0 Å². The van der Waals surface area contributed by atoms with Gasteiger partial charge in [0.05, 0.1) is 0 Å². The van der Waals surface area contributed by atoms with Gasteiger partial charge in [-0.25, -0.2) is 0 Å². The highest BCUT2D eigenvalue weighted by Crippen LogP contribution is 2.32. The van der Waals surface area contributed by atoms with Gasteiger partial charge in [-0.05, 0) is 69.0 Å². The van der Waals surface area contributed by atoms with Crippen LogP contribution in [-0.4, -0.2) is 23.0 Å². The lowest BCUT2D eigenvalue weighted by Crippen LogP contribution is -2.32. The highest BCUT2D eigenvalue weighted by molar-refractivity contribution is 7.15. The third-order valence-corrected chi connectivity index (χ3v) is 6.96. The third kappa shape index (κ3) is 4.13. The quantitative estimate of drug-likeness (QED) is 0.635. The van der Waals surface area contributed by atoms with E-state index < -0.39 is 0 Å². The van der Waals surface area contributed by atoms with Crippen LogP contribution in [0.25, 0.3) is 10.4 Å². The molecule has 3 heterocycles. The van der Waals surface area contributed by atoms with E-state index in [9.17, 15) is 4.79 Å². The number of rotatable bonds is 5. The molecule has 0 bridgehead atoms. The van der Waals surface area contributed by atoms with Crippen LogP contribution in [0.5, 0.6) is 0 Å². The zero-order valence-corrected chi connectivity index (χ0v) is 17.5. The van der Waals surface area contributed by atoms with Crippen molar-refractivity contribution in [1.82, 2.24) is 9.88 Å². The summed E-state index contributed by atoms with van der Waals surface area (Å²) in [5.41, 5.74) is 4.51. The maximum absolute atomic E-state index is 12.0. The van der Waals surface area contributed by atoms with Crippen molar-refractivity contribution in [1.29, 1.82) is 0 Å². The first-order valence-electron chi connectivity index (χ1n) is 10.2. The smallest absolute Gasteiger partial charge is 0.251 e. The number of hydrogen-bond acceptors (Lipinski definition) is 3. The van der Waals surface area contributed by atoms with E-state index in [1.54, 1.807) is 0 Å². The third-order valence-electron chi connectivity index (χ3n) is 5.86. The zero-order chi connectivity index (χ0) is 19.5. The molecule has 146 valence electrons. The molecule has 1 N–H and O–H groups in total. The standard InChI is InChI=1S/C24H28N2OS/c1-3-18-15-22(17(2)25-24(18)27)23-10-9-21(28-23)16-26-13-11-20(12-14-26)19-7-5-4-6-8-19/h4-10,15,20H,3,11-14,16H2,1-2H3,(H,25,27). The lowest BCUT2D eigenvalue weighted by atomic mass is 9.89. The van der Waals surface area contributed by atoms with Crippen LogP contribution in [0.1, 0.15) is 47.4 Å². The summed E-state index contributed by atoms with van der Waals surface area (Å²) in [5.74, 6) is 0.701. The second-order valence-electron chi connectivity index (χ2n) is 7.74. The van der Waals surface area contributed by atoms with Crippen molar-refractivity contribution >= 4 is 11.3 Å². The van der Waals surface area contributed by atoms with Crippen molar-refractivity contribution in [3.8, 4) is 10.4 Å². The van der Waals surface area contributed by atoms with E-state index in [0.717, 1.165) is 42.9 Å². The number of nitrogens with one attached hydrogen (secondary N) is 1. The van der Waals surface area contributed by atoms with E-state index in [1.807, 2.05) is 25.2 Å². The fourth-order valence-corrected chi connectivity index (χ4v) is 5.29. The number of piperidine rings is 1. The number of aromatic nitrogens is 1. The molecular weight excluding hydrogens is 364 g/mol. The molecule has 0 saturated carbocycles. The van der Waals surface area contributed by atoms with E-state index in [4.69, 9.17) is 0 Å². The minimum Gasteiger partial charge on any atom is -0.326 e. The summed E-state index contributed by atoms with van der Waals surface area (Å²) in [6, 6.07) is 17.5. The molecule has 0 aliphatic carbocycles. The zero-order valence-electron chi connectivity index (χ0n) is 16.7. The summed E-state index contributed by atoms with van der Waals surface area (Å²) < 4.78 is 0. The number of thiophene rings is 1. The maximum atomic E-state index is 12.0. The number of pyridine rings is 1. The fraction of sp³-hybridized carbons (Fsp3) is 0.375. The molecule has 1 aliphatic rings. The van der Waals surface area contributed by atoms with Crippen molar-refractivity contribution in [3.63, 3.8) is 0 Å². The Morgan fingerprint density at radius 3 is 2.57 bits per heavy atom. The minimum absolute atomic E-state index is 0.0433. The summed E-state index contributed by atoms with van der Waals surface area (Å²) in [4.78, 5) is 20.2. The molecule has 28 heavy (non-hydrogen) atoms. The van der Waals surface area contributed by atoms with Crippen molar-refractivity contribution in [2.45, 2.75) is 45.6 Å². The fourth-order valence-electron chi connectivity index (χ4n) is 4.16. The Labute approximate surface area is 171 Å². The van der Waals surface area contributed by atoms with Crippen LogP contribution < -0.4 is 5.56 Å². The first-order valence-corrected chi connectivity index (χ1v) is 11.0. The van der Waals surface area contributed by atoms with Crippen molar-refractivity contribution < 1.29 is 0 Å². The molecular formula is C24H28N2OS. The summed E-state index contributed by atoms with van der Waals surface area (Å²) in [6.07, 6.45) is 3.24. The van der Waals surface area contributed by atoms with Crippen LogP contribution >= 0.6 is 11.3 Å². The monoisotopic (exact) mass is 392 g/mol. The molecule has 0 atom stereocenters. The lowest BCUT2D eigenvalue weighted by molar-refractivity contribution is 0.206. The lowest BCUT2D eigenvalue weighted by Gasteiger charge is -2.31. The van der Waals surface area contributed by atoms with E-state index in [2.05, 4.69) is 58.4 Å². The summed E-state index contributed by atoms with van der Waals surface area (Å²) in [5, 5.41) is 0. The van der Waals surface area contributed by atoms with Crippen LogP contribution in [0.4, 0.5) is 0 Å². The van der Waals surface area contributed by atoms with E-state index in [-0.39, 0.29) is 5.56 Å². The van der Waals surface area contributed by atoms with Crippen molar-refractivity contribution in [3.05, 3.63) is 80.6 Å². The van der Waals surface area contributed by atoms with Gasteiger partial charge in [0, 0.05) is 33.1 Å². The van der Waals surface area contributed by atoms with Crippen LogP contribution in [0.3, 0.4) is 0 Å². The molecule has 4 rings (SSSR count). The summed E-state index contributed by atoms with van der Waals surface area (Å²) in [7, 11) is 0. The molecule has 1 aromatic carbocycles. The van der Waals surface area contributed by atoms with Gasteiger partial charge >= 0.3 is 0 Å². The number of nitrogens with zero attached hydrogens (tertiary/aromatic N) is 1. The van der Waals surface area contributed by atoms with Crippen LogP contribution in [0.2, 0.25) is 0 Å². The van der Waals surface area contributed by atoms with Gasteiger partial charge in [0.1, 0.15) is 0 Å².